The number of hydrogen-bond donors (Lipinski definition) is 0. The third-order valence-corrected chi connectivity index (χ3v) is 3.75. The molecule has 2 aromatic carbocycles. The molecule has 8 heteroatoms. The van der Waals surface area contributed by atoms with Gasteiger partial charge in [0.05, 0.1) is 5.52 Å². The summed E-state index contributed by atoms with van der Waals surface area (Å²) >= 11 is 0. The zero-order valence-corrected chi connectivity index (χ0v) is 13.0. The van der Waals surface area contributed by atoms with Crippen LogP contribution in [-0.2, 0) is 19.6 Å². The van der Waals surface area contributed by atoms with Gasteiger partial charge in [-0.3, -0.25) is 0 Å². The number of aromatic nitrogens is 2. The Balaban J connectivity index is 2.01. The monoisotopic (exact) mass is 356 g/mol. The van der Waals surface area contributed by atoms with Gasteiger partial charge in [0.15, 0.2) is 5.82 Å². The Bertz CT molecular complexity index is 887. The number of hydrogen-bond acceptors (Lipinski definition) is 2. The molecule has 0 radical (unpaired) electrons. The maximum atomic E-state index is 13.7. The molecule has 3 rings (SSSR count). The second-order valence-corrected chi connectivity index (χ2v) is 5.46. The van der Waals surface area contributed by atoms with Crippen molar-refractivity contribution in [3.05, 3.63) is 59.9 Å². The average Bonchev–Trinajstić information content (AvgIpc) is 2.91. The van der Waals surface area contributed by atoms with E-state index in [4.69, 9.17) is 4.74 Å². The molecule has 0 aliphatic rings. The van der Waals surface area contributed by atoms with Gasteiger partial charge in [-0.05, 0) is 17.7 Å². The third-order valence-electron chi connectivity index (χ3n) is 3.75. The molecule has 0 bridgehead atoms. The van der Waals surface area contributed by atoms with Crippen molar-refractivity contribution >= 4 is 11.0 Å². The number of rotatable bonds is 4. The van der Waals surface area contributed by atoms with Gasteiger partial charge < -0.3 is 9.30 Å². The van der Waals surface area contributed by atoms with Crippen molar-refractivity contribution in [3.8, 4) is 5.75 Å². The van der Waals surface area contributed by atoms with Crippen molar-refractivity contribution in [2.75, 3.05) is 0 Å². The standard InChI is InChI=1S/C17H13F5N2O/c1-24-12-8-5-9-13(25-10-11-6-3-2-4-7-11)14(12)23-15(24)16(18,19)17(20,21)22/h2-9H,10H2,1H3. The first kappa shape index (κ1) is 17.2. The Morgan fingerprint density at radius 2 is 1.64 bits per heavy atom. The topological polar surface area (TPSA) is 27.1 Å². The van der Waals surface area contributed by atoms with Crippen LogP contribution in [0, 0.1) is 0 Å². The molecule has 3 aromatic rings. The number of alkyl halides is 5. The van der Waals surface area contributed by atoms with Crippen LogP contribution in [0.25, 0.3) is 11.0 Å². The van der Waals surface area contributed by atoms with E-state index in [-0.39, 0.29) is 23.4 Å². The predicted molar refractivity (Wildman–Crippen MR) is 81.4 cm³/mol. The zero-order chi connectivity index (χ0) is 18.2. The molecule has 0 atom stereocenters. The van der Waals surface area contributed by atoms with Crippen LogP contribution in [0.15, 0.2) is 48.5 Å². The summed E-state index contributed by atoms with van der Waals surface area (Å²) in [6.45, 7) is 0.140. The molecule has 0 saturated heterocycles. The molecule has 0 unspecified atom stereocenters. The van der Waals surface area contributed by atoms with Crippen LogP contribution in [0.1, 0.15) is 11.4 Å². The first-order valence-corrected chi connectivity index (χ1v) is 7.29. The van der Waals surface area contributed by atoms with Gasteiger partial charge in [-0.15, -0.1) is 0 Å². The van der Waals surface area contributed by atoms with Crippen LogP contribution in [0.3, 0.4) is 0 Å². The first-order chi connectivity index (χ1) is 11.7. The highest BCUT2D eigenvalue weighted by atomic mass is 19.4. The summed E-state index contributed by atoms with van der Waals surface area (Å²) in [6, 6.07) is 13.5. The molecule has 1 heterocycles. The lowest BCUT2D eigenvalue weighted by Crippen LogP contribution is -2.36. The highest BCUT2D eigenvalue weighted by Crippen LogP contribution is 2.44. The Morgan fingerprint density at radius 1 is 0.960 bits per heavy atom. The van der Waals surface area contributed by atoms with Crippen LogP contribution in [0.5, 0.6) is 5.75 Å². The number of nitrogens with zero attached hydrogens (tertiary/aromatic N) is 2. The quantitative estimate of drug-likeness (QED) is 0.628. The molecule has 0 amide bonds. The van der Waals surface area contributed by atoms with Crippen LogP contribution >= 0.6 is 0 Å². The van der Waals surface area contributed by atoms with Crippen molar-refractivity contribution in [1.82, 2.24) is 9.55 Å². The second kappa shape index (κ2) is 6.02. The Hall–Kier alpha value is -2.64. The maximum absolute atomic E-state index is 13.7. The zero-order valence-electron chi connectivity index (χ0n) is 13.0. The van der Waals surface area contributed by atoms with Crippen LogP contribution in [0.4, 0.5) is 22.0 Å². The highest BCUT2D eigenvalue weighted by molar-refractivity contribution is 5.82. The third kappa shape index (κ3) is 3.04. The number of imidazole rings is 1. The van der Waals surface area contributed by atoms with Gasteiger partial charge in [0.25, 0.3) is 0 Å². The minimum atomic E-state index is -5.73. The molecular formula is C17H13F5N2O. The molecular weight excluding hydrogens is 343 g/mol. The summed E-state index contributed by atoms with van der Waals surface area (Å²) in [5.74, 6) is -6.29. The Morgan fingerprint density at radius 3 is 2.28 bits per heavy atom. The summed E-state index contributed by atoms with van der Waals surface area (Å²) in [5, 5.41) is 0. The number of halogens is 5. The molecule has 0 aliphatic carbocycles. The molecule has 25 heavy (non-hydrogen) atoms. The van der Waals surface area contributed by atoms with Gasteiger partial charge in [0, 0.05) is 7.05 Å². The number of fused-ring (bicyclic) bond motifs is 1. The van der Waals surface area contributed by atoms with E-state index in [0.29, 0.717) is 0 Å². The van der Waals surface area contributed by atoms with Crippen molar-refractivity contribution in [2.45, 2.75) is 18.7 Å². The largest absolute Gasteiger partial charge is 0.487 e. The fourth-order valence-electron chi connectivity index (χ4n) is 2.45. The van der Waals surface area contributed by atoms with Crippen molar-refractivity contribution in [3.63, 3.8) is 0 Å². The lowest BCUT2D eigenvalue weighted by Gasteiger charge is -2.18. The van der Waals surface area contributed by atoms with E-state index in [9.17, 15) is 22.0 Å². The van der Waals surface area contributed by atoms with E-state index in [1.165, 1.54) is 18.2 Å². The number of benzene rings is 2. The lowest BCUT2D eigenvalue weighted by atomic mass is 10.2. The van der Waals surface area contributed by atoms with Gasteiger partial charge >= 0.3 is 12.1 Å². The van der Waals surface area contributed by atoms with Crippen LogP contribution in [0.2, 0.25) is 0 Å². The first-order valence-electron chi connectivity index (χ1n) is 7.29. The lowest BCUT2D eigenvalue weighted by molar-refractivity contribution is -0.293. The predicted octanol–water partition coefficient (Wildman–Crippen LogP) is 4.81. The summed E-state index contributed by atoms with van der Waals surface area (Å²) in [6.07, 6.45) is -5.73. The van der Waals surface area contributed by atoms with Gasteiger partial charge in [-0.1, -0.05) is 36.4 Å². The summed E-state index contributed by atoms with van der Waals surface area (Å²) in [7, 11) is 1.12. The fraction of sp³-hybridized carbons (Fsp3) is 0.235. The van der Waals surface area contributed by atoms with E-state index in [1.54, 1.807) is 0 Å². The minimum absolute atomic E-state index is 0.0418. The summed E-state index contributed by atoms with van der Waals surface area (Å²) in [4.78, 5) is 3.53. The smallest absolute Gasteiger partial charge is 0.461 e. The van der Waals surface area contributed by atoms with Gasteiger partial charge in [0.1, 0.15) is 17.9 Å². The molecule has 3 nitrogen and oxygen atoms in total. The van der Waals surface area contributed by atoms with Crippen molar-refractivity contribution in [1.29, 1.82) is 0 Å². The van der Waals surface area contributed by atoms with Crippen molar-refractivity contribution in [2.24, 2.45) is 7.05 Å². The number of ether oxygens (including phenoxy) is 1. The molecule has 1 aromatic heterocycles. The van der Waals surface area contributed by atoms with Crippen LogP contribution < -0.4 is 4.74 Å². The Labute approximate surface area is 139 Å². The van der Waals surface area contributed by atoms with Gasteiger partial charge in [-0.2, -0.15) is 22.0 Å². The molecule has 0 saturated carbocycles. The fourth-order valence-corrected chi connectivity index (χ4v) is 2.45. The SMILES string of the molecule is Cn1c(C(F)(F)C(F)(F)F)nc2c(OCc3ccccc3)cccc21. The molecule has 0 N–H and O–H groups in total. The normalized spacial score (nSPS) is 12.6. The number of para-hydroxylation sites is 1. The molecule has 0 spiro atoms. The van der Waals surface area contributed by atoms with Gasteiger partial charge in [-0.25, -0.2) is 4.98 Å². The van der Waals surface area contributed by atoms with E-state index in [1.807, 2.05) is 30.3 Å². The van der Waals surface area contributed by atoms with Crippen LogP contribution in [-0.4, -0.2) is 15.7 Å². The minimum Gasteiger partial charge on any atom is -0.487 e. The molecule has 0 fully saturated rings. The van der Waals surface area contributed by atoms with E-state index in [2.05, 4.69) is 4.98 Å². The number of aryl methyl sites for hydroxylation is 1. The average molecular weight is 356 g/mol. The second-order valence-electron chi connectivity index (χ2n) is 5.46. The maximum Gasteiger partial charge on any atom is 0.461 e. The molecule has 0 aliphatic heterocycles. The Kier molecular flexibility index (Phi) is 4.14. The summed E-state index contributed by atoms with van der Waals surface area (Å²) < 4.78 is 71.7. The van der Waals surface area contributed by atoms with Crippen molar-refractivity contribution < 1.29 is 26.7 Å². The highest BCUT2D eigenvalue weighted by Gasteiger charge is 2.61. The summed E-state index contributed by atoms with van der Waals surface area (Å²) in [5.41, 5.74) is 0.917. The van der Waals surface area contributed by atoms with E-state index in [0.717, 1.165) is 17.2 Å². The van der Waals surface area contributed by atoms with Gasteiger partial charge in [0.2, 0.25) is 0 Å². The van der Waals surface area contributed by atoms with E-state index >= 15 is 0 Å². The molecule has 132 valence electrons. The van der Waals surface area contributed by atoms with E-state index < -0.39 is 17.9 Å².